The minimum absolute atomic E-state index is 0.0337. The van der Waals surface area contributed by atoms with Crippen molar-refractivity contribution in [1.82, 2.24) is 0 Å². The van der Waals surface area contributed by atoms with Gasteiger partial charge in [0, 0.05) is 0 Å². The van der Waals surface area contributed by atoms with E-state index in [0.29, 0.717) is 11.0 Å². The van der Waals surface area contributed by atoms with Gasteiger partial charge < -0.3 is 9.15 Å². The molecule has 2 aromatic rings. The zero-order valence-electron chi connectivity index (χ0n) is 11.4. The van der Waals surface area contributed by atoms with Crippen molar-refractivity contribution in [3.63, 3.8) is 0 Å². The number of benzene rings is 1. The van der Waals surface area contributed by atoms with Gasteiger partial charge >= 0.3 is 5.97 Å². The number of ether oxygens (including phenoxy) is 1. The first-order valence-corrected chi connectivity index (χ1v) is 6.05. The average Bonchev–Trinajstić information content (AvgIpc) is 2.26. The number of carbonyl (C=O) groups is 1. The topological polar surface area (TPSA) is 56.5 Å². The van der Waals surface area contributed by atoms with Gasteiger partial charge in [-0.1, -0.05) is 12.1 Å². The minimum atomic E-state index is -0.651. The largest absolute Gasteiger partial charge is 0.460 e. The molecule has 0 saturated carbocycles. The molecule has 0 aliphatic rings. The summed E-state index contributed by atoms with van der Waals surface area (Å²) in [4.78, 5) is 24.4. The highest BCUT2D eigenvalue weighted by atomic mass is 16.6. The highest BCUT2D eigenvalue weighted by Gasteiger charge is 2.24. The average molecular weight is 260 g/mol. The predicted octanol–water partition coefficient (Wildman–Crippen LogP) is 3.06. The van der Waals surface area contributed by atoms with Crippen molar-refractivity contribution in [2.75, 3.05) is 0 Å². The second-order valence-corrected chi connectivity index (χ2v) is 5.36. The molecular weight excluding hydrogens is 244 g/mol. The lowest BCUT2D eigenvalue weighted by atomic mass is 10.1. The summed E-state index contributed by atoms with van der Waals surface area (Å²) in [5.41, 5.74) is -0.568. The maximum Gasteiger partial charge on any atom is 0.346 e. The van der Waals surface area contributed by atoms with Crippen molar-refractivity contribution in [2.24, 2.45) is 0 Å². The van der Waals surface area contributed by atoms with Crippen LogP contribution in [0.15, 0.2) is 33.5 Å². The lowest BCUT2D eigenvalue weighted by Gasteiger charge is -2.19. The molecule has 0 aliphatic heterocycles. The van der Waals surface area contributed by atoms with Crippen molar-refractivity contribution in [3.05, 3.63) is 45.8 Å². The molecule has 100 valence electrons. The summed E-state index contributed by atoms with van der Waals surface area (Å²) >= 11 is 0. The van der Waals surface area contributed by atoms with Gasteiger partial charge in [0.2, 0.25) is 5.43 Å². The van der Waals surface area contributed by atoms with Crippen LogP contribution < -0.4 is 5.43 Å². The Hall–Kier alpha value is -2.10. The number of hydrogen-bond donors (Lipinski definition) is 0. The molecule has 1 aromatic carbocycles. The van der Waals surface area contributed by atoms with Crippen molar-refractivity contribution in [1.29, 1.82) is 0 Å². The first-order chi connectivity index (χ1) is 8.79. The molecule has 2 rings (SSSR count). The fraction of sp³-hybridized carbons (Fsp3) is 0.333. The summed E-state index contributed by atoms with van der Waals surface area (Å²) in [6.45, 7) is 6.85. The highest BCUT2D eigenvalue weighted by Crippen LogP contribution is 2.17. The maximum atomic E-state index is 12.3. The monoisotopic (exact) mass is 260 g/mol. The molecule has 0 saturated heterocycles. The SMILES string of the molecule is Cc1oc2ccccc2c(=O)c1C(=O)OC(C)(C)C. The molecule has 0 spiro atoms. The summed E-state index contributed by atoms with van der Waals surface area (Å²) in [7, 11) is 0. The molecule has 0 radical (unpaired) electrons. The van der Waals surface area contributed by atoms with Crippen LogP contribution in [-0.2, 0) is 4.74 Å². The lowest BCUT2D eigenvalue weighted by Crippen LogP contribution is -2.28. The van der Waals surface area contributed by atoms with Gasteiger partial charge in [-0.05, 0) is 39.8 Å². The van der Waals surface area contributed by atoms with Crippen LogP contribution in [-0.4, -0.2) is 11.6 Å². The number of para-hydroxylation sites is 1. The van der Waals surface area contributed by atoms with E-state index in [1.54, 1.807) is 52.0 Å². The molecule has 4 nitrogen and oxygen atoms in total. The number of hydrogen-bond acceptors (Lipinski definition) is 4. The Labute approximate surface area is 111 Å². The van der Waals surface area contributed by atoms with Crippen LogP contribution in [0.5, 0.6) is 0 Å². The molecule has 0 fully saturated rings. The van der Waals surface area contributed by atoms with Gasteiger partial charge in [0.1, 0.15) is 22.5 Å². The van der Waals surface area contributed by atoms with E-state index < -0.39 is 11.6 Å². The van der Waals surface area contributed by atoms with Crippen LogP contribution in [0.2, 0.25) is 0 Å². The molecular formula is C15H16O4. The molecule has 4 heteroatoms. The standard InChI is InChI=1S/C15H16O4/c1-9-12(14(17)19-15(2,3)4)13(16)10-7-5-6-8-11(10)18-9/h5-8H,1-4H3. The van der Waals surface area contributed by atoms with Gasteiger partial charge in [0.25, 0.3) is 0 Å². The van der Waals surface area contributed by atoms with Crippen LogP contribution >= 0.6 is 0 Å². The summed E-state index contributed by atoms with van der Waals surface area (Å²) in [5, 5.41) is 0.383. The number of carbonyl (C=O) groups excluding carboxylic acids is 1. The Morgan fingerprint density at radius 3 is 2.47 bits per heavy atom. The molecule has 0 unspecified atom stereocenters. The van der Waals surface area contributed by atoms with E-state index in [1.165, 1.54) is 0 Å². The number of aryl methyl sites for hydroxylation is 1. The third kappa shape index (κ3) is 2.67. The van der Waals surface area contributed by atoms with Crippen LogP contribution in [0.1, 0.15) is 36.9 Å². The van der Waals surface area contributed by atoms with Gasteiger partial charge in [0.05, 0.1) is 5.39 Å². The molecule has 0 bridgehead atoms. The molecule has 0 aliphatic carbocycles. The number of esters is 1. The third-order valence-electron chi connectivity index (χ3n) is 2.58. The van der Waals surface area contributed by atoms with Gasteiger partial charge in [0.15, 0.2) is 0 Å². The van der Waals surface area contributed by atoms with Gasteiger partial charge in [-0.3, -0.25) is 4.79 Å². The van der Waals surface area contributed by atoms with Crippen LogP contribution in [0, 0.1) is 6.92 Å². The number of fused-ring (bicyclic) bond motifs is 1. The molecule has 1 heterocycles. The first-order valence-electron chi connectivity index (χ1n) is 6.05. The molecule has 0 atom stereocenters. The first kappa shape index (κ1) is 13.3. The van der Waals surface area contributed by atoms with Crippen molar-refractivity contribution < 1.29 is 13.9 Å². The summed E-state index contributed by atoms with van der Waals surface area (Å²) < 4.78 is 10.7. The van der Waals surface area contributed by atoms with E-state index in [4.69, 9.17) is 9.15 Å². The second kappa shape index (κ2) is 4.53. The Bertz CT molecular complexity index is 689. The number of rotatable bonds is 1. The van der Waals surface area contributed by atoms with Gasteiger partial charge in [-0.25, -0.2) is 4.79 Å². The lowest BCUT2D eigenvalue weighted by molar-refractivity contribution is 0.00649. The van der Waals surface area contributed by atoms with Crippen LogP contribution in [0.4, 0.5) is 0 Å². The maximum absolute atomic E-state index is 12.3. The Balaban J connectivity index is 2.61. The summed E-state index contributed by atoms with van der Waals surface area (Å²) in [5.74, 6) is -0.373. The zero-order chi connectivity index (χ0) is 14.2. The van der Waals surface area contributed by atoms with E-state index in [1.807, 2.05) is 0 Å². The molecule has 19 heavy (non-hydrogen) atoms. The Morgan fingerprint density at radius 2 is 1.84 bits per heavy atom. The zero-order valence-corrected chi connectivity index (χ0v) is 11.4. The smallest absolute Gasteiger partial charge is 0.346 e. The van der Waals surface area contributed by atoms with E-state index in [9.17, 15) is 9.59 Å². The normalized spacial score (nSPS) is 11.6. The second-order valence-electron chi connectivity index (χ2n) is 5.36. The molecule has 0 N–H and O–H groups in total. The fourth-order valence-corrected chi connectivity index (χ4v) is 1.82. The summed E-state index contributed by atoms with van der Waals surface area (Å²) in [6, 6.07) is 6.84. The van der Waals surface area contributed by atoms with Gasteiger partial charge in [-0.2, -0.15) is 0 Å². The van der Waals surface area contributed by atoms with Crippen molar-refractivity contribution >= 4 is 16.9 Å². The highest BCUT2D eigenvalue weighted by molar-refractivity contribution is 5.94. The molecule has 0 amide bonds. The quantitative estimate of drug-likeness (QED) is 0.739. The van der Waals surface area contributed by atoms with E-state index in [0.717, 1.165) is 0 Å². The Kier molecular flexibility index (Phi) is 3.18. The third-order valence-corrected chi connectivity index (χ3v) is 2.58. The molecule has 1 aromatic heterocycles. The van der Waals surface area contributed by atoms with Crippen molar-refractivity contribution in [3.8, 4) is 0 Å². The van der Waals surface area contributed by atoms with E-state index >= 15 is 0 Å². The Morgan fingerprint density at radius 1 is 1.21 bits per heavy atom. The summed E-state index contributed by atoms with van der Waals surface area (Å²) in [6.07, 6.45) is 0. The van der Waals surface area contributed by atoms with Crippen molar-refractivity contribution in [2.45, 2.75) is 33.3 Å². The predicted molar refractivity (Wildman–Crippen MR) is 72.4 cm³/mol. The van der Waals surface area contributed by atoms with E-state index in [-0.39, 0.29) is 16.8 Å². The van der Waals surface area contributed by atoms with Gasteiger partial charge in [-0.15, -0.1) is 0 Å². The van der Waals surface area contributed by atoms with Crippen LogP contribution in [0.3, 0.4) is 0 Å². The fourth-order valence-electron chi connectivity index (χ4n) is 1.82. The minimum Gasteiger partial charge on any atom is -0.460 e. The van der Waals surface area contributed by atoms with Crippen LogP contribution in [0.25, 0.3) is 11.0 Å². The van der Waals surface area contributed by atoms with E-state index in [2.05, 4.69) is 0 Å².